The van der Waals surface area contributed by atoms with E-state index < -0.39 is 4.92 Å². The summed E-state index contributed by atoms with van der Waals surface area (Å²) in [4.78, 5) is 24.7. The maximum Gasteiger partial charge on any atom is 0.292 e. The molecule has 1 aliphatic heterocycles. The fourth-order valence-electron chi connectivity index (χ4n) is 2.71. The van der Waals surface area contributed by atoms with Crippen molar-refractivity contribution in [3.8, 4) is 0 Å². The largest absolute Gasteiger partial charge is 0.320 e. The van der Waals surface area contributed by atoms with Crippen molar-refractivity contribution in [3.63, 3.8) is 0 Å². The highest BCUT2D eigenvalue weighted by Gasteiger charge is 2.19. The Kier molecular flexibility index (Phi) is 5.85. The summed E-state index contributed by atoms with van der Waals surface area (Å²) in [6.07, 6.45) is 2.62. The quantitative estimate of drug-likeness (QED) is 0.616. The number of likely N-dealkylation sites (tertiary alicyclic amines) is 1. The van der Waals surface area contributed by atoms with Crippen molar-refractivity contribution >= 4 is 17.3 Å². The number of benzene rings is 1. The van der Waals surface area contributed by atoms with Gasteiger partial charge in [0.05, 0.1) is 4.92 Å². The predicted molar refractivity (Wildman–Crippen MR) is 84.9 cm³/mol. The lowest BCUT2D eigenvalue weighted by Gasteiger charge is -2.32. The predicted octanol–water partition coefficient (Wildman–Crippen LogP) is 1.61. The van der Waals surface area contributed by atoms with E-state index in [0.717, 1.165) is 25.9 Å². The third kappa shape index (κ3) is 4.51. The maximum absolute atomic E-state index is 12.0. The van der Waals surface area contributed by atoms with Gasteiger partial charge in [-0.1, -0.05) is 12.1 Å². The fraction of sp³-hybridized carbons (Fsp3) is 0.533. The average Bonchev–Trinajstić information content (AvgIpc) is 2.53. The van der Waals surface area contributed by atoms with Gasteiger partial charge in [0.25, 0.3) is 5.69 Å². The Morgan fingerprint density at radius 2 is 2.23 bits per heavy atom. The van der Waals surface area contributed by atoms with Crippen molar-refractivity contribution in [2.24, 2.45) is 0 Å². The van der Waals surface area contributed by atoms with E-state index in [9.17, 15) is 14.9 Å². The molecule has 7 nitrogen and oxygen atoms in total. The van der Waals surface area contributed by atoms with Crippen LogP contribution in [0.2, 0.25) is 0 Å². The summed E-state index contributed by atoms with van der Waals surface area (Å²) >= 11 is 0. The van der Waals surface area contributed by atoms with Crippen LogP contribution in [0, 0.1) is 10.1 Å². The second-order valence-electron chi connectivity index (χ2n) is 5.50. The van der Waals surface area contributed by atoms with Crippen LogP contribution in [-0.4, -0.2) is 48.5 Å². The fourth-order valence-corrected chi connectivity index (χ4v) is 2.71. The molecule has 0 aromatic heterocycles. The highest BCUT2D eigenvalue weighted by atomic mass is 16.6. The number of anilines is 1. The summed E-state index contributed by atoms with van der Waals surface area (Å²) in [6, 6.07) is 6.67. The van der Waals surface area contributed by atoms with Gasteiger partial charge in [0.1, 0.15) is 5.69 Å². The smallest absolute Gasteiger partial charge is 0.292 e. The van der Waals surface area contributed by atoms with E-state index >= 15 is 0 Å². The molecule has 1 atom stereocenters. The molecule has 0 saturated carbocycles. The highest BCUT2D eigenvalue weighted by molar-refractivity contribution is 5.93. The van der Waals surface area contributed by atoms with E-state index in [1.807, 2.05) is 7.05 Å². The van der Waals surface area contributed by atoms with Crippen LogP contribution in [-0.2, 0) is 4.79 Å². The van der Waals surface area contributed by atoms with Gasteiger partial charge in [-0.3, -0.25) is 14.9 Å². The number of amides is 1. The number of carbonyl (C=O) groups is 1. The van der Waals surface area contributed by atoms with Gasteiger partial charge in [0.15, 0.2) is 0 Å². The van der Waals surface area contributed by atoms with Crippen LogP contribution in [0.25, 0.3) is 0 Å². The minimum atomic E-state index is -0.488. The molecule has 1 aromatic carbocycles. The van der Waals surface area contributed by atoms with Crippen molar-refractivity contribution in [3.05, 3.63) is 34.4 Å². The number of hydrogen-bond donors (Lipinski definition) is 2. The van der Waals surface area contributed by atoms with Crippen molar-refractivity contribution in [2.75, 3.05) is 32.0 Å². The Labute approximate surface area is 129 Å². The second-order valence-corrected chi connectivity index (χ2v) is 5.50. The molecule has 0 bridgehead atoms. The monoisotopic (exact) mass is 306 g/mol. The van der Waals surface area contributed by atoms with Gasteiger partial charge in [0.2, 0.25) is 5.91 Å². The Balaban J connectivity index is 1.84. The molecule has 1 saturated heterocycles. The Morgan fingerprint density at radius 3 is 2.95 bits per heavy atom. The average molecular weight is 306 g/mol. The number of nitrogens with one attached hydrogen (secondary N) is 2. The van der Waals surface area contributed by atoms with E-state index in [4.69, 9.17) is 0 Å². The summed E-state index contributed by atoms with van der Waals surface area (Å²) in [5.41, 5.74) is 0.174. The summed E-state index contributed by atoms with van der Waals surface area (Å²) in [6.45, 7) is 2.61. The number of nitro benzene ring substituents is 1. The number of likely N-dealkylation sites (N-methyl/N-ethyl adjacent to an activating group) is 1. The topological polar surface area (TPSA) is 87.5 Å². The van der Waals surface area contributed by atoms with Crippen LogP contribution < -0.4 is 10.6 Å². The number of rotatable bonds is 6. The number of piperidine rings is 1. The highest BCUT2D eigenvalue weighted by Crippen LogP contribution is 2.23. The Hall–Kier alpha value is -1.99. The first-order valence-electron chi connectivity index (χ1n) is 7.53. The van der Waals surface area contributed by atoms with Crippen LogP contribution in [0.1, 0.15) is 19.3 Å². The molecule has 1 aromatic rings. The zero-order valence-electron chi connectivity index (χ0n) is 12.7. The summed E-state index contributed by atoms with van der Waals surface area (Å²) in [7, 11) is 1.95. The number of para-hydroxylation sites is 2. The van der Waals surface area contributed by atoms with Crippen LogP contribution >= 0.6 is 0 Å². The van der Waals surface area contributed by atoms with Gasteiger partial charge < -0.3 is 15.5 Å². The first kappa shape index (κ1) is 16.4. The lowest BCUT2D eigenvalue weighted by atomic mass is 10.1. The SMILES string of the molecule is CNC1CCCN(CCC(=O)Nc2ccccc2[N+](=O)[O-])C1. The number of nitrogens with zero attached hydrogens (tertiary/aromatic N) is 2. The molecule has 1 heterocycles. The molecule has 1 aliphatic rings. The minimum absolute atomic E-state index is 0.0796. The van der Waals surface area contributed by atoms with Crippen molar-refractivity contribution in [2.45, 2.75) is 25.3 Å². The zero-order valence-corrected chi connectivity index (χ0v) is 12.7. The third-order valence-electron chi connectivity index (χ3n) is 3.94. The number of hydrogen-bond acceptors (Lipinski definition) is 5. The van der Waals surface area contributed by atoms with E-state index in [2.05, 4.69) is 15.5 Å². The molecule has 1 fully saturated rings. The summed E-state index contributed by atoms with van der Waals surface area (Å²) in [5, 5.41) is 16.8. The molecule has 0 spiro atoms. The standard InChI is InChI=1S/C15H22N4O3/c1-16-12-5-4-9-18(11-12)10-8-15(20)17-13-6-2-3-7-14(13)19(21)22/h2-3,6-7,12,16H,4-5,8-11H2,1H3,(H,17,20). The summed E-state index contributed by atoms with van der Waals surface area (Å²) in [5.74, 6) is -0.194. The third-order valence-corrected chi connectivity index (χ3v) is 3.94. The van der Waals surface area contributed by atoms with E-state index in [1.165, 1.54) is 6.07 Å². The molecule has 0 radical (unpaired) electrons. The molecule has 7 heteroatoms. The van der Waals surface area contributed by atoms with E-state index in [1.54, 1.807) is 18.2 Å². The van der Waals surface area contributed by atoms with Gasteiger partial charge in [-0.25, -0.2) is 0 Å². The molecule has 2 rings (SSSR count). The maximum atomic E-state index is 12.0. The van der Waals surface area contributed by atoms with Crippen LogP contribution in [0.4, 0.5) is 11.4 Å². The first-order valence-corrected chi connectivity index (χ1v) is 7.53. The van der Waals surface area contributed by atoms with Crippen molar-refractivity contribution < 1.29 is 9.72 Å². The van der Waals surface area contributed by atoms with Gasteiger partial charge in [0, 0.05) is 31.6 Å². The van der Waals surface area contributed by atoms with Crippen molar-refractivity contribution in [1.82, 2.24) is 10.2 Å². The van der Waals surface area contributed by atoms with E-state index in [-0.39, 0.29) is 17.3 Å². The molecule has 120 valence electrons. The van der Waals surface area contributed by atoms with Gasteiger partial charge >= 0.3 is 0 Å². The number of nitro groups is 1. The van der Waals surface area contributed by atoms with Crippen LogP contribution in [0.5, 0.6) is 0 Å². The lowest BCUT2D eigenvalue weighted by molar-refractivity contribution is -0.383. The Morgan fingerprint density at radius 1 is 1.45 bits per heavy atom. The van der Waals surface area contributed by atoms with E-state index in [0.29, 0.717) is 19.0 Å². The Bertz CT molecular complexity index is 535. The second kappa shape index (κ2) is 7.86. The lowest BCUT2D eigenvalue weighted by Crippen LogP contribution is -2.45. The van der Waals surface area contributed by atoms with Gasteiger partial charge in [-0.05, 0) is 32.5 Å². The molecule has 0 aliphatic carbocycles. The van der Waals surface area contributed by atoms with Crippen LogP contribution in [0.15, 0.2) is 24.3 Å². The van der Waals surface area contributed by atoms with Gasteiger partial charge in [-0.2, -0.15) is 0 Å². The molecular formula is C15H22N4O3. The molecular weight excluding hydrogens is 284 g/mol. The normalized spacial score (nSPS) is 18.9. The zero-order chi connectivity index (χ0) is 15.9. The molecule has 1 amide bonds. The number of carbonyl (C=O) groups excluding carboxylic acids is 1. The molecule has 1 unspecified atom stereocenters. The minimum Gasteiger partial charge on any atom is -0.320 e. The van der Waals surface area contributed by atoms with Crippen LogP contribution in [0.3, 0.4) is 0 Å². The van der Waals surface area contributed by atoms with Crippen molar-refractivity contribution in [1.29, 1.82) is 0 Å². The first-order chi connectivity index (χ1) is 10.6. The molecule has 2 N–H and O–H groups in total. The van der Waals surface area contributed by atoms with Gasteiger partial charge in [-0.15, -0.1) is 0 Å². The summed E-state index contributed by atoms with van der Waals surface area (Å²) < 4.78 is 0. The molecule has 22 heavy (non-hydrogen) atoms.